The van der Waals surface area contributed by atoms with Crippen LogP contribution in [0.4, 0.5) is 11.6 Å². The topological polar surface area (TPSA) is 98.8 Å². The van der Waals surface area contributed by atoms with Crippen LogP contribution in [0, 0.1) is 0 Å². The van der Waals surface area contributed by atoms with Gasteiger partial charge in [-0.1, -0.05) is 6.92 Å². The van der Waals surface area contributed by atoms with Gasteiger partial charge < -0.3 is 14.8 Å². The molecule has 1 N–H and O–H groups in total. The maximum absolute atomic E-state index is 11.0. The number of nitrogens with one attached hydrogen (secondary N) is 1. The van der Waals surface area contributed by atoms with Crippen molar-refractivity contribution in [1.82, 2.24) is 10.3 Å². The first kappa shape index (κ1) is 16.5. The summed E-state index contributed by atoms with van der Waals surface area (Å²) in [4.78, 5) is 15.2. The molecule has 0 fully saturated rings. The summed E-state index contributed by atoms with van der Waals surface area (Å²) < 4.78 is 15.5. The number of hydrogen-bond donors (Lipinski definition) is 1. The molecule has 0 aliphatic rings. The number of hydrogen-bond acceptors (Lipinski definition) is 7. The number of nitrogens with zero attached hydrogens (tertiary/aromatic N) is 3. The zero-order valence-corrected chi connectivity index (χ0v) is 13.2. The van der Waals surface area contributed by atoms with Crippen molar-refractivity contribution in [2.45, 2.75) is 20.3 Å². The summed E-state index contributed by atoms with van der Waals surface area (Å²) >= 11 is 0. The Morgan fingerprint density at radius 1 is 1.39 bits per heavy atom. The molecule has 0 radical (unpaired) electrons. The largest absolute Gasteiger partial charge is 0.493 e. The minimum Gasteiger partial charge on any atom is -0.493 e. The van der Waals surface area contributed by atoms with Crippen LogP contribution in [0.25, 0.3) is 0 Å². The number of ether oxygens (including phenoxy) is 2. The van der Waals surface area contributed by atoms with E-state index in [1.807, 2.05) is 19.1 Å². The molecule has 8 nitrogen and oxygen atoms in total. The Morgan fingerprint density at radius 3 is 2.91 bits per heavy atom. The second-order valence-electron chi connectivity index (χ2n) is 4.63. The van der Waals surface area contributed by atoms with E-state index in [9.17, 15) is 4.79 Å². The standard InChI is InChI=1S/C15H18N4O4/c1-4-7-22-12-6-5-11(8-13(12)21-3)9-16-14-15(17-10(2)20)19-23-18-14/h5-6,8-9H,4,7H2,1-3H3,(H,17,19,20). The Balaban J connectivity index is 2.16. The predicted octanol–water partition coefficient (Wildman–Crippen LogP) is 2.58. The molecule has 0 aliphatic heterocycles. The smallest absolute Gasteiger partial charge is 0.241 e. The van der Waals surface area contributed by atoms with E-state index in [-0.39, 0.29) is 17.5 Å². The highest BCUT2D eigenvalue weighted by Gasteiger charge is 2.10. The normalized spacial score (nSPS) is 10.7. The van der Waals surface area contributed by atoms with Gasteiger partial charge in [0.2, 0.25) is 17.5 Å². The number of methoxy groups -OCH3 is 1. The van der Waals surface area contributed by atoms with Crippen LogP contribution in [0.2, 0.25) is 0 Å². The van der Waals surface area contributed by atoms with Gasteiger partial charge in [-0.25, -0.2) is 9.62 Å². The van der Waals surface area contributed by atoms with Gasteiger partial charge in [0.05, 0.1) is 13.7 Å². The van der Waals surface area contributed by atoms with Gasteiger partial charge in [-0.3, -0.25) is 4.79 Å². The van der Waals surface area contributed by atoms with E-state index in [0.717, 1.165) is 12.0 Å². The van der Waals surface area contributed by atoms with Gasteiger partial charge in [-0.05, 0) is 40.5 Å². The quantitative estimate of drug-likeness (QED) is 0.788. The summed E-state index contributed by atoms with van der Waals surface area (Å²) in [6.45, 7) is 4.02. The lowest BCUT2D eigenvalue weighted by Gasteiger charge is -2.10. The maximum Gasteiger partial charge on any atom is 0.241 e. The zero-order chi connectivity index (χ0) is 16.7. The highest BCUT2D eigenvalue weighted by molar-refractivity contribution is 5.91. The van der Waals surface area contributed by atoms with Crippen LogP contribution in [-0.4, -0.2) is 36.2 Å². The van der Waals surface area contributed by atoms with Crippen LogP contribution in [0.3, 0.4) is 0 Å². The second-order valence-corrected chi connectivity index (χ2v) is 4.63. The molecule has 8 heteroatoms. The van der Waals surface area contributed by atoms with Crippen LogP contribution in [0.5, 0.6) is 11.5 Å². The highest BCUT2D eigenvalue weighted by atomic mass is 16.6. The highest BCUT2D eigenvalue weighted by Crippen LogP contribution is 2.28. The van der Waals surface area contributed by atoms with Crippen molar-refractivity contribution in [2.75, 3.05) is 19.0 Å². The third kappa shape index (κ3) is 4.53. The van der Waals surface area contributed by atoms with Crippen LogP contribution in [0.15, 0.2) is 27.8 Å². The molecule has 1 amide bonds. The number of aliphatic imine (C=N–C) groups is 1. The van der Waals surface area contributed by atoms with Gasteiger partial charge in [0.25, 0.3) is 0 Å². The molecule has 0 spiro atoms. The lowest BCUT2D eigenvalue weighted by molar-refractivity contribution is -0.114. The number of carbonyl (C=O) groups is 1. The molecular weight excluding hydrogens is 300 g/mol. The molecule has 0 unspecified atom stereocenters. The average Bonchev–Trinajstić information content (AvgIpc) is 2.97. The molecule has 0 saturated carbocycles. The van der Waals surface area contributed by atoms with Crippen LogP contribution < -0.4 is 14.8 Å². The third-order valence-corrected chi connectivity index (χ3v) is 2.75. The molecule has 0 aliphatic carbocycles. The number of amides is 1. The van der Waals surface area contributed by atoms with E-state index in [1.54, 1.807) is 19.4 Å². The van der Waals surface area contributed by atoms with E-state index in [4.69, 9.17) is 9.47 Å². The SMILES string of the molecule is CCCOc1ccc(C=Nc2nonc2NC(C)=O)cc1OC. The fraction of sp³-hybridized carbons (Fsp3) is 0.333. The number of rotatable bonds is 7. The number of carbonyl (C=O) groups excluding carboxylic acids is 1. The summed E-state index contributed by atoms with van der Waals surface area (Å²) in [6.07, 6.45) is 2.48. The minimum absolute atomic E-state index is 0.170. The lowest BCUT2D eigenvalue weighted by Crippen LogP contribution is -2.06. The molecule has 1 heterocycles. The Morgan fingerprint density at radius 2 is 2.22 bits per heavy atom. The lowest BCUT2D eigenvalue weighted by atomic mass is 10.2. The van der Waals surface area contributed by atoms with Crippen molar-refractivity contribution >= 4 is 23.8 Å². The summed E-state index contributed by atoms with van der Waals surface area (Å²) in [5.74, 6) is 1.36. The summed E-state index contributed by atoms with van der Waals surface area (Å²) in [7, 11) is 1.57. The summed E-state index contributed by atoms with van der Waals surface area (Å²) in [5, 5.41) is 9.68. The first-order valence-corrected chi connectivity index (χ1v) is 7.09. The molecule has 0 saturated heterocycles. The first-order chi connectivity index (χ1) is 11.1. The fourth-order valence-corrected chi connectivity index (χ4v) is 1.75. The number of benzene rings is 1. The van der Waals surface area contributed by atoms with Gasteiger partial charge in [-0.15, -0.1) is 0 Å². The van der Waals surface area contributed by atoms with Crippen molar-refractivity contribution in [1.29, 1.82) is 0 Å². The van der Waals surface area contributed by atoms with Gasteiger partial charge in [-0.2, -0.15) is 0 Å². The van der Waals surface area contributed by atoms with Crippen molar-refractivity contribution < 1.29 is 18.9 Å². The van der Waals surface area contributed by atoms with Crippen molar-refractivity contribution in [3.05, 3.63) is 23.8 Å². The van der Waals surface area contributed by atoms with Crippen LogP contribution in [0.1, 0.15) is 25.8 Å². The number of aromatic nitrogens is 2. The van der Waals surface area contributed by atoms with E-state index in [2.05, 4.69) is 25.3 Å². The fourth-order valence-electron chi connectivity index (χ4n) is 1.75. The third-order valence-electron chi connectivity index (χ3n) is 2.75. The van der Waals surface area contributed by atoms with E-state index in [1.165, 1.54) is 6.92 Å². The van der Waals surface area contributed by atoms with E-state index >= 15 is 0 Å². The monoisotopic (exact) mass is 318 g/mol. The molecular formula is C15H18N4O4. The Kier molecular flexibility index (Phi) is 5.67. The molecule has 23 heavy (non-hydrogen) atoms. The molecule has 1 aromatic carbocycles. The molecule has 1 aromatic heterocycles. The van der Waals surface area contributed by atoms with Gasteiger partial charge in [0.1, 0.15) is 0 Å². The van der Waals surface area contributed by atoms with Crippen molar-refractivity contribution in [2.24, 2.45) is 4.99 Å². The first-order valence-electron chi connectivity index (χ1n) is 7.09. The number of anilines is 1. The summed E-state index contributed by atoms with van der Waals surface area (Å²) in [5.41, 5.74) is 0.780. The zero-order valence-electron chi connectivity index (χ0n) is 13.2. The van der Waals surface area contributed by atoms with Gasteiger partial charge in [0.15, 0.2) is 11.5 Å². The molecule has 0 bridgehead atoms. The van der Waals surface area contributed by atoms with Crippen LogP contribution >= 0.6 is 0 Å². The maximum atomic E-state index is 11.0. The second kappa shape index (κ2) is 7.92. The molecule has 0 atom stereocenters. The Hall–Kier alpha value is -2.90. The van der Waals surface area contributed by atoms with Gasteiger partial charge >= 0.3 is 0 Å². The minimum atomic E-state index is -0.281. The molecule has 2 rings (SSSR count). The van der Waals surface area contributed by atoms with E-state index in [0.29, 0.717) is 18.1 Å². The van der Waals surface area contributed by atoms with Crippen molar-refractivity contribution in [3.8, 4) is 11.5 Å². The van der Waals surface area contributed by atoms with E-state index < -0.39 is 0 Å². The predicted molar refractivity (Wildman–Crippen MR) is 84.6 cm³/mol. The summed E-state index contributed by atoms with van der Waals surface area (Å²) in [6, 6.07) is 5.44. The van der Waals surface area contributed by atoms with Gasteiger partial charge in [0, 0.05) is 13.1 Å². The average molecular weight is 318 g/mol. The molecule has 122 valence electrons. The van der Waals surface area contributed by atoms with Crippen LogP contribution in [-0.2, 0) is 4.79 Å². The Labute approximate surface area is 133 Å². The molecule has 2 aromatic rings. The van der Waals surface area contributed by atoms with Crippen molar-refractivity contribution in [3.63, 3.8) is 0 Å². The Bertz CT molecular complexity index is 697.